The van der Waals surface area contributed by atoms with Gasteiger partial charge in [0.15, 0.2) is 0 Å². The van der Waals surface area contributed by atoms with Crippen molar-refractivity contribution in [3.63, 3.8) is 0 Å². The summed E-state index contributed by atoms with van der Waals surface area (Å²) in [6.45, 7) is 0.911. The molecule has 2 rings (SSSR count). The SMILES string of the molecule is COc1ccc(C)cc1N(CC(=O)O)S(=O)(=O)c1ccc(OC)c(Cl)c1Cl. The van der Waals surface area contributed by atoms with Gasteiger partial charge in [-0.2, -0.15) is 0 Å². The molecule has 10 heteroatoms. The number of ether oxygens (including phenoxy) is 2. The van der Waals surface area contributed by atoms with Crippen molar-refractivity contribution in [2.75, 3.05) is 25.1 Å². The lowest BCUT2D eigenvalue weighted by Gasteiger charge is -2.25. The third-order valence-corrected chi connectivity index (χ3v) is 6.46. The van der Waals surface area contributed by atoms with E-state index < -0.39 is 22.5 Å². The van der Waals surface area contributed by atoms with Crippen LogP contribution in [0.25, 0.3) is 0 Å². The number of carbonyl (C=O) groups is 1. The summed E-state index contributed by atoms with van der Waals surface area (Å²) in [6, 6.07) is 7.33. The Balaban J connectivity index is 2.72. The number of aliphatic carboxylic acids is 1. The first kappa shape index (κ1) is 21.1. The highest BCUT2D eigenvalue weighted by molar-refractivity contribution is 7.93. The molecule has 0 radical (unpaired) electrons. The number of halogens is 2. The molecule has 0 unspecified atom stereocenters. The predicted molar refractivity (Wildman–Crippen MR) is 103 cm³/mol. The van der Waals surface area contributed by atoms with Gasteiger partial charge < -0.3 is 14.6 Å². The number of anilines is 1. The van der Waals surface area contributed by atoms with Gasteiger partial charge in [-0.15, -0.1) is 0 Å². The maximum absolute atomic E-state index is 13.2. The molecule has 0 aliphatic rings. The molecule has 146 valence electrons. The maximum Gasteiger partial charge on any atom is 0.324 e. The normalized spacial score (nSPS) is 11.1. The zero-order valence-corrected chi connectivity index (χ0v) is 17.0. The third-order valence-electron chi connectivity index (χ3n) is 3.68. The molecule has 0 heterocycles. The number of carboxylic acids is 1. The first-order valence-corrected chi connectivity index (χ1v) is 9.74. The van der Waals surface area contributed by atoms with Crippen LogP contribution in [-0.2, 0) is 14.8 Å². The number of nitrogens with zero attached hydrogens (tertiary/aromatic N) is 1. The van der Waals surface area contributed by atoms with Crippen molar-refractivity contribution >= 4 is 44.9 Å². The van der Waals surface area contributed by atoms with Crippen LogP contribution in [0.15, 0.2) is 35.2 Å². The van der Waals surface area contributed by atoms with Crippen molar-refractivity contribution in [1.82, 2.24) is 0 Å². The molecule has 27 heavy (non-hydrogen) atoms. The van der Waals surface area contributed by atoms with E-state index in [9.17, 15) is 18.3 Å². The number of rotatable bonds is 7. The number of hydrogen-bond donors (Lipinski definition) is 1. The van der Waals surface area contributed by atoms with Crippen LogP contribution >= 0.6 is 23.2 Å². The summed E-state index contributed by atoms with van der Waals surface area (Å²) >= 11 is 12.2. The molecule has 2 aromatic carbocycles. The second-order valence-electron chi connectivity index (χ2n) is 5.47. The smallest absolute Gasteiger partial charge is 0.324 e. The number of carboxylic acid groups (broad SMARTS) is 1. The third kappa shape index (κ3) is 4.23. The Kier molecular flexibility index (Phi) is 6.46. The summed E-state index contributed by atoms with van der Waals surface area (Å²) in [6.07, 6.45) is 0. The number of aryl methyl sites for hydroxylation is 1. The van der Waals surface area contributed by atoms with E-state index in [1.54, 1.807) is 19.1 Å². The maximum atomic E-state index is 13.2. The first-order valence-electron chi connectivity index (χ1n) is 7.54. The Morgan fingerprint density at radius 2 is 1.67 bits per heavy atom. The fourth-order valence-electron chi connectivity index (χ4n) is 2.41. The molecule has 0 saturated carbocycles. The highest BCUT2D eigenvalue weighted by Gasteiger charge is 2.32. The Labute approximate surface area is 167 Å². The Bertz CT molecular complexity index is 978. The lowest BCUT2D eigenvalue weighted by atomic mass is 10.2. The average Bonchev–Trinajstić information content (AvgIpc) is 2.61. The molecule has 0 fully saturated rings. The van der Waals surface area contributed by atoms with Crippen LogP contribution in [0.5, 0.6) is 11.5 Å². The van der Waals surface area contributed by atoms with Crippen molar-refractivity contribution in [3.8, 4) is 11.5 Å². The zero-order chi connectivity index (χ0) is 20.4. The number of methoxy groups -OCH3 is 2. The van der Waals surface area contributed by atoms with Gasteiger partial charge in [0.25, 0.3) is 10.0 Å². The summed E-state index contributed by atoms with van der Waals surface area (Å²) in [7, 11) is -1.66. The van der Waals surface area contributed by atoms with E-state index in [1.165, 1.54) is 32.4 Å². The van der Waals surface area contributed by atoms with Crippen LogP contribution in [0.4, 0.5) is 5.69 Å². The lowest BCUT2D eigenvalue weighted by Crippen LogP contribution is -2.36. The number of hydrogen-bond acceptors (Lipinski definition) is 5. The van der Waals surface area contributed by atoms with E-state index in [1.807, 2.05) is 0 Å². The van der Waals surface area contributed by atoms with Crippen LogP contribution in [0.2, 0.25) is 10.0 Å². The molecule has 0 aliphatic carbocycles. The Morgan fingerprint density at radius 1 is 1.07 bits per heavy atom. The molecule has 2 aromatic rings. The second-order valence-corrected chi connectivity index (χ2v) is 8.06. The first-order chi connectivity index (χ1) is 12.6. The van der Waals surface area contributed by atoms with Crippen LogP contribution in [0, 0.1) is 6.92 Å². The van der Waals surface area contributed by atoms with Crippen LogP contribution in [0.3, 0.4) is 0 Å². The van der Waals surface area contributed by atoms with Gasteiger partial charge >= 0.3 is 5.97 Å². The summed E-state index contributed by atoms with van der Waals surface area (Å²) in [5, 5.41) is 8.91. The van der Waals surface area contributed by atoms with Gasteiger partial charge in [0.1, 0.15) is 28.0 Å². The number of sulfonamides is 1. The fraction of sp³-hybridized carbons (Fsp3) is 0.235. The van der Waals surface area contributed by atoms with Crippen LogP contribution in [-0.4, -0.2) is 40.3 Å². The number of benzene rings is 2. The van der Waals surface area contributed by atoms with Gasteiger partial charge in [-0.1, -0.05) is 29.3 Å². The van der Waals surface area contributed by atoms with Gasteiger partial charge in [0.05, 0.1) is 24.9 Å². The largest absolute Gasteiger partial charge is 0.495 e. The van der Waals surface area contributed by atoms with E-state index in [-0.39, 0.29) is 32.1 Å². The lowest BCUT2D eigenvalue weighted by molar-refractivity contribution is -0.135. The zero-order valence-electron chi connectivity index (χ0n) is 14.7. The van der Waals surface area contributed by atoms with Crippen LogP contribution in [0.1, 0.15) is 5.56 Å². The minimum Gasteiger partial charge on any atom is -0.495 e. The minimum atomic E-state index is -4.38. The van der Waals surface area contributed by atoms with E-state index in [0.717, 1.165) is 5.56 Å². The molecule has 0 spiro atoms. The van der Waals surface area contributed by atoms with Crippen molar-refractivity contribution < 1.29 is 27.8 Å². The molecular weight excluding hydrogens is 417 g/mol. The van der Waals surface area contributed by atoms with Crippen molar-refractivity contribution in [2.45, 2.75) is 11.8 Å². The van der Waals surface area contributed by atoms with Crippen molar-refractivity contribution in [1.29, 1.82) is 0 Å². The van der Waals surface area contributed by atoms with Crippen LogP contribution < -0.4 is 13.8 Å². The molecule has 0 atom stereocenters. The van der Waals surface area contributed by atoms with Gasteiger partial charge in [-0.3, -0.25) is 9.10 Å². The molecule has 1 N–H and O–H groups in total. The summed E-state index contributed by atoms with van der Waals surface area (Å²) in [5.74, 6) is -0.961. The summed E-state index contributed by atoms with van der Waals surface area (Å²) in [5.41, 5.74) is 0.790. The highest BCUT2D eigenvalue weighted by atomic mass is 35.5. The van der Waals surface area contributed by atoms with Gasteiger partial charge in [0.2, 0.25) is 0 Å². The highest BCUT2D eigenvalue weighted by Crippen LogP contribution is 2.40. The van der Waals surface area contributed by atoms with Gasteiger partial charge in [0, 0.05) is 0 Å². The van der Waals surface area contributed by atoms with Crippen molar-refractivity contribution in [3.05, 3.63) is 45.9 Å². The standard InChI is InChI=1S/C17H17Cl2NO6S/c1-10-4-5-12(25-2)11(8-10)20(9-15(21)22)27(23,24)14-7-6-13(26-3)16(18)17(14)19/h4-8H,9H2,1-3H3,(H,21,22). The monoisotopic (exact) mass is 433 g/mol. The fourth-order valence-corrected chi connectivity index (χ4v) is 4.64. The minimum absolute atomic E-state index is 0.0721. The molecule has 0 bridgehead atoms. The summed E-state index contributed by atoms with van der Waals surface area (Å²) < 4.78 is 37.4. The molecule has 0 aliphatic heterocycles. The molecule has 0 amide bonds. The summed E-state index contributed by atoms with van der Waals surface area (Å²) in [4.78, 5) is 11.0. The van der Waals surface area contributed by atoms with E-state index in [4.69, 9.17) is 32.7 Å². The van der Waals surface area contributed by atoms with E-state index >= 15 is 0 Å². The Hall–Kier alpha value is -2.16. The molecule has 0 saturated heterocycles. The topological polar surface area (TPSA) is 93.1 Å². The molecule has 0 aromatic heterocycles. The molecular formula is C17H17Cl2NO6S. The average molecular weight is 434 g/mol. The quantitative estimate of drug-likeness (QED) is 0.716. The predicted octanol–water partition coefficient (Wildman–Crippen LogP) is 3.60. The Morgan fingerprint density at radius 3 is 2.22 bits per heavy atom. The van der Waals surface area contributed by atoms with Crippen molar-refractivity contribution in [2.24, 2.45) is 0 Å². The van der Waals surface area contributed by atoms with E-state index in [2.05, 4.69) is 0 Å². The van der Waals surface area contributed by atoms with E-state index in [0.29, 0.717) is 4.31 Å². The van der Waals surface area contributed by atoms with Gasteiger partial charge in [-0.25, -0.2) is 8.42 Å². The molecule has 7 nitrogen and oxygen atoms in total. The second kappa shape index (κ2) is 8.24. The van der Waals surface area contributed by atoms with Gasteiger partial charge in [-0.05, 0) is 36.8 Å².